The summed E-state index contributed by atoms with van der Waals surface area (Å²) < 4.78 is 12.2. The molecule has 4 aromatic rings. The zero-order valence-electron chi connectivity index (χ0n) is 21.7. The molecule has 0 bridgehead atoms. The van der Waals surface area contributed by atoms with Gasteiger partial charge in [-0.3, -0.25) is 20.2 Å². The number of nitrogens with one attached hydrogen (secondary N) is 2. The van der Waals surface area contributed by atoms with Gasteiger partial charge in [0, 0.05) is 22.2 Å². The van der Waals surface area contributed by atoms with Gasteiger partial charge in [-0.05, 0) is 53.9 Å². The smallest absolute Gasteiger partial charge is 0.256 e. The average Bonchev–Trinajstić information content (AvgIpc) is 3.41. The van der Waals surface area contributed by atoms with E-state index in [0.717, 1.165) is 16.3 Å². The highest BCUT2D eigenvalue weighted by molar-refractivity contribution is 6.07. The molecule has 2 aliphatic rings. The summed E-state index contributed by atoms with van der Waals surface area (Å²) in [6, 6.07) is 25.3. The van der Waals surface area contributed by atoms with E-state index in [9.17, 15) is 14.9 Å². The molecule has 0 radical (unpaired) electrons. The van der Waals surface area contributed by atoms with Crippen molar-refractivity contribution >= 4 is 22.4 Å². The van der Waals surface area contributed by atoms with Gasteiger partial charge < -0.3 is 14.8 Å². The minimum Gasteiger partial charge on any atom is -0.490 e. The third-order valence-corrected chi connectivity index (χ3v) is 7.88. The normalized spacial score (nSPS) is 23.5. The van der Waals surface area contributed by atoms with Crippen LogP contribution in [0.2, 0.25) is 0 Å². The summed E-state index contributed by atoms with van der Waals surface area (Å²) in [5.41, 5.74) is 1.51. The lowest BCUT2D eigenvalue weighted by Crippen LogP contribution is -2.54. The summed E-state index contributed by atoms with van der Waals surface area (Å²) in [6.45, 7) is 4.52. The lowest BCUT2D eigenvalue weighted by molar-refractivity contribution is -0.532. The highest BCUT2D eigenvalue weighted by Gasteiger charge is 2.67. The van der Waals surface area contributed by atoms with E-state index in [1.54, 1.807) is 24.3 Å². The number of carbonyl (C=O) groups is 1. The van der Waals surface area contributed by atoms with E-state index >= 15 is 0 Å². The van der Waals surface area contributed by atoms with Crippen molar-refractivity contribution in [2.75, 3.05) is 11.9 Å². The number of hydrogen-bond donors (Lipinski definition) is 2. The van der Waals surface area contributed by atoms with Crippen molar-refractivity contribution in [2.45, 2.75) is 44.0 Å². The molecule has 1 saturated heterocycles. The standard InChI is InChI=1S/C31H29N3O5/c1-3-38-27-17-21(15-16-26(27)39-18-22-11-8-10-20-9-4-5-12-23(20)22)28-19(2)33-31(29(28)34(36)37)24-13-6-7-14-25(24)32-30(31)35/h4-17,19,28-29,33H,3,18H2,1-2H3,(H,32,35)/t19-,28-,29-,31-/m0/s1. The molecule has 2 aliphatic heterocycles. The summed E-state index contributed by atoms with van der Waals surface area (Å²) in [7, 11) is 0. The first-order chi connectivity index (χ1) is 18.9. The molecular weight excluding hydrogens is 494 g/mol. The number of rotatable bonds is 7. The van der Waals surface area contributed by atoms with Crippen LogP contribution in [0.15, 0.2) is 84.9 Å². The number of carbonyl (C=O) groups excluding carboxylic acids is 1. The molecule has 39 heavy (non-hydrogen) atoms. The van der Waals surface area contributed by atoms with E-state index in [-0.39, 0.29) is 11.0 Å². The maximum Gasteiger partial charge on any atom is 0.256 e. The van der Waals surface area contributed by atoms with Crippen molar-refractivity contribution in [2.24, 2.45) is 0 Å². The number of nitro groups is 1. The number of hydrogen-bond acceptors (Lipinski definition) is 6. The Hall–Kier alpha value is -4.43. The van der Waals surface area contributed by atoms with E-state index in [4.69, 9.17) is 9.47 Å². The molecule has 0 unspecified atom stereocenters. The molecule has 0 saturated carbocycles. The molecule has 4 atom stereocenters. The Morgan fingerprint density at radius 2 is 1.72 bits per heavy atom. The van der Waals surface area contributed by atoms with Crippen molar-refractivity contribution in [3.63, 3.8) is 0 Å². The Labute approximate surface area is 226 Å². The lowest BCUT2D eigenvalue weighted by Gasteiger charge is -2.25. The van der Waals surface area contributed by atoms with Gasteiger partial charge in [0.2, 0.25) is 0 Å². The molecule has 1 fully saturated rings. The van der Waals surface area contributed by atoms with Gasteiger partial charge in [0.1, 0.15) is 6.61 Å². The third-order valence-electron chi connectivity index (χ3n) is 7.88. The molecule has 4 aromatic carbocycles. The largest absolute Gasteiger partial charge is 0.490 e. The molecular formula is C31H29N3O5. The van der Waals surface area contributed by atoms with Crippen LogP contribution < -0.4 is 20.1 Å². The number of benzene rings is 4. The monoisotopic (exact) mass is 523 g/mol. The van der Waals surface area contributed by atoms with E-state index in [1.807, 2.05) is 56.3 Å². The first kappa shape index (κ1) is 24.9. The van der Waals surface area contributed by atoms with Crippen molar-refractivity contribution in [3.05, 3.63) is 112 Å². The Bertz CT molecular complexity index is 1580. The van der Waals surface area contributed by atoms with Crippen LogP contribution in [0, 0.1) is 10.1 Å². The van der Waals surface area contributed by atoms with Crippen LogP contribution in [0.4, 0.5) is 5.69 Å². The van der Waals surface area contributed by atoms with E-state index in [1.165, 1.54) is 0 Å². The fourth-order valence-corrected chi connectivity index (χ4v) is 6.25. The molecule has 198 valence electrons. The van der Waals surface area contributed by atoms with Crippen LogP contribution in [0.1, 0.15) is 36.5 Å². The second-order valence-electron chi connectivity index (χ2n) is 10.1. The minimum atomic E-state index is -1.46. The zero-order valence-corrected chi connectivity index (χ0v) is 21.7. The Morgan fingerprint density at radius 3 is 2.54 bits per heavy atom. The SMILES string of the molecule is CCOc1cc([C@@H]2[C@H](C)N[C@]3(C(=O)Nc4ccccc43)[C@H]2[N+](=O)[O-])ccc1OCc1cccc2ccccc12. The predicted octanol–water partition coefficient (Wildman–Crippen LogP) is 5.39. The number of nitrogens with zero attached hydrogens (tertiary/aromatic N) is 1. The van der Waals surface area contributed by atoms with Gasteiger partial charge in [-0.15, -0.1) is 0 Å². The van der Waals surface area contributed by atoms with Gasteiger partial charge in [-0.1, -0.05) is 66.7 Å². The number of ether oxygens (including phenoxy) is 2. The van der Waals surface area contributed by atoms with Gasteiger partial charge in [0.15, 0.2) is 17.0 Å². The molecule has 6 rings (SSSR count). The Kier molecular flexibility index (Phi) is 6.19. The number of anilines is 1. The topological polar surface area (TPSA) is 103 Å². The summed E-state index contributed by atoms with van der Waals surface area (Å²) in [4.78, 5) is 25.6. The molecule has 0 aromatic heterocycles. The average molecular weight is 524 g/mol. The molecule has 8 heteroatoms. The molecule has 2 N–H and O–H groups in total. The van der Waals surface area contributed by atoms with Crippen molar-refractivity contribution in [1.82, 2.24) is 5.32 Å². The second kappa shape index (κ2) is 9.71. The molecule has 1 spiro atoms. The number of fused-ring (bicyclic) bond motifs is 3. The summed E-state index contributed by atoms with van der Waals surface area (Å²) in [5, 5.41) is 21.0. The van der Waals surface area contributed by atoms with Crippen LogP contribution >= 0.6 is 0 Å². The predicted molar refractivity (Wildman–Crippen MR) is 149 cm³/mol. The molecule has 2 heterocycles. The van der Waals surface area contributed by atoms with Gasteiger partial charge in [-0.2, -0.15) is 0 Å². The molecule has 8 nitrogen and oxygen atoms in total. The highest BCUT2D eigenvalue weighted by atomic mass is 16.6. The van der Waals surface area contributed by atoms with Crippen LogP contribution in [-0.4, -0.2) is 29.5 Å². The summed E-state index contributed by atoms with van der Waals surface area (Å²) >= 11 is 0. The van der Waals surface area contributed by atoms with E-state index in [0.29, 0.717) is 41.5 Å². The maximum atomic E-state index is 13.3. The van der Waals surface area contributed by atoms with Crippen LogP contribution in [0.25, 0.3) is 10.8 Å². The lowest BCUT2D eigenvalue weighted by atomic mass is 9.78. The number of para-hydroxylation sites is 1. The zero-order chi connectivity index (χ0) is 27.1. The van der Waals surface area contributed by atoms with Gasteiger partial charge in [0.05, 0.1) is 12.5 Å². The fourth-order valence-electron chi connectivity index (χ4n) is 6.25. The van der Waals surface area contributed by atoms with Crippen molar-refractivity contribution in [3.8, 4) is 11.5 Å². The quantitative estimate of drug-likeness (QED) is 0.249. The fraction of sp³-hybridized carbons (Fsp3) is 0.258. The van der Waals surface area contributed by atoms with Gasteiger partial charge in [0.25, 0.3) is 11.9 Å². The molecule has 0 aliphatic carbocycles. The van der Waals surface area contributed by atoms with Crippen LogP contribution in [0.3, 0.4) is 0 Å². The molecule has 1 amide bonds. The third kappa shape index (κ3) is 3.99. The van der Waals surface area contributed by atoms with E-state index < -0.39 is 23.4 Å². The first-order valence-electron chi connectivity index (χ1n) is 13.1. The first-order valence-corrected chi connectivity index (χ1v) is 13.1. The minimum absolute atomic E-state index is 0.325. The highest BCUT2D eigenvalue weighted by Crippen LogP contribution is 2.50. The van der Waals surface area contributed by atoms with Gasteiger partial charge >= 0.3 is 0 Å². The van der Waals surface area contributed by atoms with Crippen LogP contribution in [0.5, 0.6) is 11.5 Å². The maximum absolute atomic E-state index is 13.3. The van der Waals surface area contributed by atoms with Crippen molar-refractivity contribution in [1.29, 1.82) is 0 Å². The van der Waals surface area contributed by atoms with Crippen LogP contribution in [-0.2, 0) is 16.9 Å². The summed E-state index contributed by atoms with van der Waals surface area (Å²) in [6.07, 6.45) is 0. The van der Waals surface area contributed by atoms with Gasteiger partial charge in [-0.25, -0.2) is 0 Å². The Balaban J connectivity index is 1.35. The number of amides is 1. The van der Waals surface area contributed by atoms with E-state index in [2.05, 4.69) is 28.8 Å². The summed E-state index contributed by atoms with van der Waals surface area (Å²) in [5.74, 6) is 0.0910. The second-order valence-corrected chi connectivity index (χ2v) is 10.1. The Morgan fingerprint density at radius 1 is 0.949 bits per heavy atom. The van der Waals surface area contributed by atoms with Crippen molar-refractivity contribution < 1.29 is 19.2 Å².